The first-order chi connectivity index (χ1) is 16.1. The summed E-state index contributed by atoms with van der Waals surface area (Å²) in [5.74, 6) is -1.76. The molecule has 0 saturated carbocycles. The van der Waals surface area contributed by atoms with E-state index in [2.05, 4.69) is 28.1 Å². The molecule has 7 nitrogen and oxygen atoms in total. The van der Waals surface area contributed by atoms with Crippen LogP contribution in [0.3, 0.4) is 0 Å². The van der Waals surface area contributed by atoms with E-state index in [0.717, 1.165) is 57.7 Å². The van der Waals surface area contributed by atoms with Gasteiger partial charge in [-0.25, -0.2) is 4.79 Å². The number of piperidine rings is 1. The van der Waals surface area contributed by atoms with E-state index >= 15 is 0 Å². The molecular weight excluding hydrogens is 451 g/mol. The average Bonchev–Trinajstić information content (AvgIpc) is 3.24. The van der Waals surface area contributed by atoms with Crippen LogP contribution in [0.25, 0.3) is 0 Å². The van der Waals surface area contributed by atoms with Gasteiger partial charge < -0.3 is 14.7 Å². The Morgan fingerprint density at radius 2 is 1.76 bits per heavy atom. The molecule has 2 saturated heterocycles. The molecule has 2 aliphatic heterocycles. The largest absolute Gasteiger partial charge is 0.497 e. The van der Waals surface area contributed by atoms with Crippen molar-refractivity contribution in [2.45, 2.75) is 32.0 Å². The Labute approximate surface area is 196 Å². The van der Waals surface area contributed by atoms with Gasteiger partial charge in [-0.3, -0.25) is 14.7 Å². The fourth-order valence-corrected chi connectivity index (χ4v) is 4.38. The Morgan fingerprint density at radius 1 is 1.09 bits per heavy atom. The number of rotatable bonds is 4. The highest BCUT2D eigenvalue weighted by Gasteiger charge is 2.42. The normalized spacial score (nSPS) is 17.7. The zero-order valence-electron chi connectivity index (χ0n) is 18.9. The predicted octanol–water partition coefficient (Wildman–Crippen LogP) is 3.85. The van der Waals surface area contributed by atoms with Crippen molar-refractivity contribution < 1.29 is 32.6 Å². The van der Waals surface area contributed by atoms with Gasteiger partial charge in [-0.15, -0.1) is 0 Å². The molecule has 1 N–H and O–H groups in total. The fourth-order valence-electron chi connectivity index (χ4n) is 4.38. The Balaban J connectivity index is 0.000000406. The van der Waals surface area contributed by atoms with Crippen LogP contribution in [0.2, 0.25) is 0 Å². The molecule has 0 aliphatic carbocycles. The van der Waals surface area contributed by atoms with Gasteiger partial charge in [-0.05, 0) is 67.6 Å². The number of alkyl halides is 3. The van der Waals surface area contributed by atoms with Gasteiger partial charge in [0.25, 0.3) is 5.91 Å². The lowest BCUT2D eigenvalue weighted by Gasteiger charge is -2.39. The summed E-state index contributed by atoms with van der Waals surface area (Å²) in [7, 11) is 1.71. The zero-order valence-corrected chi connectivity index (χ0v) is 18.9. The second-order valence-corrected chi connectivity index (χ2v) is 8.62. The van der Waals surface area contributed by atoms with E-state index in [1.807, 2.05) is 29.2 Å². The Bertz CT molecular complexity index is 977. The molecule has 184 valence electrons. The van der Waals surface area contributed by atoms with Crippen molar-refractivity contribution in [2.75, 3.05) is 33.3 Å². The van der Waals surface area contributed by atoms with Crippen molar-refractivity contribution in [3.8, 4) is 5.75 Å². The summed E-state index contributed by atoms with van der Waals surface area (Å²) < 4.78 is 37.1. The highest BCUT2D eigenvalue weighted by Crippen LogP contribution is 2.41. The van der Waals surface area contributed by atoms with Crippen LogP contribution < -0.4 is 4.74 Å². The number of aromatic nitrogens is 1. The molecule has 1 spiro atoms. The van der Waals surface area contributed by atoms with Crippen molar-refractivity contribution in [3.05, 3.63) is 59.9 Å². The summed E-state index contributed by atoms with van der Waals surface area (Å²) in [6.07, 6.45) is 0.0284. The van der Waals surface area contributed by atoms with Crippen LogP contribution in [0.4, 0.5) is 13.2 Å². The van der Waals surface area contributed by atoms with Crippen LogP contribution in [0, 0.1) is 5.41 Å². The Hall–Kier alpha value is -3.14. The first kappa shape index (κ1) is 25.5. The van der Waals surface area contributed by atoms with Crippen molar-refractivity contribution in [2.24, 2.45) is 5.41 Å². The highest BCUT2D eigenvalue weighted by atomic mass is 19.4. The van der Waals surface area contributed by atoms with E-state index in [4.69, 9.17) is 14.6 Å². The average molecular weight is 479 g/mol. The number of halogens is 3. The van der Waals surface area contributed by atoms with Crippen molar-refractivity contribution in [3.63, 3.8) is 0 Å². The third-order valence-corrected chi connectivity index (χ3v) is 6.31. The number of ether oxygens (including phenoxy) is 1. The van der Waals surface area contributed by atoms with Crippen molar-refractivity contribution in [1.82, 2.24) is 14.8 Å². The second-order valence-electron chi connectivity index (χ2n) is 8.62. The number of hydrogen-bond acceptors (Lipinski definition) is 5. The lowest BCUT2D eigenvalue weighted by Crippen LogP contribution is -2.42. The molecule has 2 fully saturated rings. The summed E-state index contributed by atoms with van der Waals surface area (Å²) in [5, 5.41) is 7.12. The number of carboxylic acids is 1. The standard InChI is InChI=1S/C22H27N3O2.C2HF3O2/c1-27-19-6-4-5-18(15-19)16-24-12-8-22(9-13-24)10-14-25(17-22)21(26)20-7-2-3-11-23-20;3-2(4,5)1(6)7/h2-7,11,15H,8-10,12-14,16-17H2,1H3;(H,6,7). The molecular formula is C24H28F3N3O4. The Morgan fingerprint density at radius 3 is 2.35 bits per heavy atom. The first-order valence-corrected chi connectivity index (χ1v) is 11.0. The molecule has 0 bridgehead atoms. The summed E-state index contributed by atoms with van der Waals surface area (Å²) >= 11 is 0. The van der Waals surface area contributed by atoms with Gasteiger partial charge in [-0.1, -0.05) is 18.2 Å². The predicted molar refractivity (Wildman–Crippen MR) is 118 cm³/mol. The number of nitrogens with zero attached hydrogens (tertiary/aromatic N) is 3. The third-order valence-electron chi connectivity index (χ3n) is 6.31. The van der Waals surface area contributed by atoms with Crippen LogP contribution in [-0.2, 0) is 11.3 Å². The van der Waals surface area contributed by atoms with E-state index in [1.165, 1.54) is 5.56 Å². The molecule has 4 rings (SSSR count). The molecule has 0 radical (unpaired) electrons. The molecule has 3 heterocycles. The maximum absolute atomic E-state index is 12.7. The van der Waals surface area contributed by atoms with Gasteiger partial charge in [0.15, 0.2) is 0 Å². The number of aliphatic carboxylic acids is 1. The van der Waals surface area contributed by atoms with Crippen LogP contribution in [0.15, 0.2) is 48.7 Å². The minimum atomic E-state index is -5.08. The molecule has 1 aromatic heterocycles. The SMILES string of the molecule is COc1cccc(CN2CCC3(CC2)CCN(C(=O)c2ccccn2)C3)c1.O=C(O)C(F)(F)F. The summed E-state index contributed by atoms with van der Waals surface area (Å²) in [6, 6.07) is 13.9. The molecule has 0 atom stereocenters. The molecule has 0 unspecified atom stereocenters. The number of benzene rings is 1. The van der Waals surface area contributed by atoms with Crippen LogP contribution in [0.1, 0.15) is 35.3 Å². The smallest absolute Gasteiger partial charge is 0.490 e. The molecule has 2 aliphatic rings. The molecule has 1 aromatic carbocycles. The van der Waals surface area contributed by atoms with E-state index in [-0.39, 0.29) is 11.3 Å². The van der Waals surface area contributed by atoms with Gasteiger partial charge in [0.2, 0.25) is 0 Å². The van der Waals surface area contributed by atoms with Crippen LogP contribution in [-0.4, -0.2) is 71.2 Å². The molecule has 2 aromatic rings. The molecule has 34 heavy (non-hydrogen) atoms. The maximum atomic E-state index is 12.7. The van der Waals surface area contributed by atoms with E-state index in [0.29, 0.717) is 5.69 Å². The summed E-state index contributed by atoms with van der Waals surface area (Å²) in [6.45, 7) is 4.86. The van der Waals surface area contributed by atoms with Gasteiger partial charge in [0, 0.05) is 25.8 Å². The summed E-state index contributed by atoms with van der Waals surface area (Å²) in [5.41, 5.74) is 2.14. The van der Waals surface area contributed by atoms with Crippen LogP contribution >= 0.6 is 0 Å². The zero-order chi connectivity index (χ0) is 24.8. The molecule has 10 heteroatoms. The quantitative estimate of drug-likeness (QED) is 0.717. The van der Waals surface area contributed by atoms with E-state index in [1.54, 1.807) is 13.3 Å². The minimum Gasteiger partial charge on any atom is -0.497 e. The topological polar surface area (TPSA) is 83.0 Å². The Kier molecular flexibility index (Phi) is 8.14. The first-order valence-electron chi connectivity index (χ1n) is 11.0. The third kappa shape index (κ3) is 6.69. The number of carboxylic acid groups (broad SMARTS) is 1. The van der Waals surface area contributed by atoms with Crippen molar-refractivity contribution >= 4 is 11.9 Å². The highest BCUT2D eigenvalue weighted by molar-refractivity contribution is 5.92. The number of amides is 1. The number of hydrogen-bond donors (Lipinski definition) is 1. The number of carbonyl (C=O) groups is 2. The monoisotopic (exact) mass is 479 g/mol. The summed E-state index contributed by atoms with van der Waals surface area (Å²) in [4.78, 5) is 30.3. The van der Waals surface area contributed by atoms with Gasteiger partial charge in [0.1, 0.15) is 11.4 Å². The number of likely N-dealkylation sites (tertiary alicyclic amines) is 2. The maximum Gasteiger partial charge on any atom is 0.490 e. The lowest BCUT2D eigenvalue weighted by atomic mass is 9.77. The number of carbonyl (C=O) groups excluding carboxylic acids is 1. The van der Waals surface area contributed by atoms with Gasteiger partial charge in [-0.2, -0.15) is 13.2 Å². The van der Waals surface area contributed by atoms with Gasteiger partial charge >= 0.3 is 12.1 Å². The molecule has 1 amide bonds. The fraction of sp³-hybridized carbons (Fsp3) is 0.458. The van der Waals surface area contributed by atoms with Crippen molar-refractivity contribution in [1.29, 1.82) is 0 Å². The lowest BCUT2D eigenvalue weighted by molar-refractivity contribution is -0.192. The van der Waals surface area contributed by atoms with Gasteiger partial charge in [0.05, 0.1) is 7.11 Å². The van der Waals surface area contributed by atoms with E-state index < -0.39 is 12.1 Å². The number of pyridine rings is 1. The number of methoxy groups -OCH3 is 1. The van der Waals surface area contributed by atoms with E-state index in [9.17, 15) is 18.0 Å². The minimum absolute atomic E-state index is 0.0753. The van der Waals surface area contributed by atoms with Crippen LogP contribution in [0.5, 0.6) is 5.75 Å². The second kappa shape index (κ2) is 10.9.